The Morgan fingerprint density at radius 3 is 2.08 bits per heavy atom. The zero-order chi connectivity index (χ0) is 9.14. The van der Waals surface area contributed by atoms with E-state index >= 15 is 0 Å². The summed E-state index contributed by atoms with van der Waals surface area (Å²) in [4.78, 5) is 11.2. The molecule has 0 N–H and O–H groups in total. The van der Waals surface area contributed by atoms with Crippen LogP contribution in [0, 0.1) is 11.8 Å². The Labute approximate surface area is 74.2 Å². The molecule has 0 aromatic heterocycles. The molecule has 1 heteroatoms. The minimum Gasteiger partial charge on any atom is -0.300 e. The van der Waals surface area contributed by atoms with Gasteiger partial charge in [-0.25, -0.2) is 0 Å². The van der Waals surface area contributed by atoms with Crippen LogP contribution in [-0.4, -0.2) is 5.78 Å². The average Bonchev–Trinajstić information content (AvgIpc) is 2.04. The summed E-state index contributed by atoms with van der Waals surface area (Å²) in [7, 11) is 0. The number of hydrogen-bond donors (Lipinski definition) is 0. The van der Waals surface area contributed by atoms with E-state index in [0.29, 0.717) is 11.7 Å². The van der Waals surface area contributed by atoms with Crippen molar-refractivity contribution in [1.29, 1.82) is 0 Å². The number of rotatable bonds is 2. The SMILES string of the molecule is C=C(C)[C@@H]1CC=CC[C@@H]1C(C)=O. The lowest BCUT2D eigenvalue weighted by Crippen LogP contribution is -2.23. The third-order valence-corrected chi connectivity index (χ3v) is 2.59. The zero-order valence-electron chi connectivity index (χ0n) is 7.84. The molecule has 0 saturated heterocycles. The van der Waals surface area contributed by atoms with Crippen LogP contribution in [0.15, 0.2) is 24.3 Å². The summed E-state index contributed by atoms with van der Waals surface area (Å²) >= 11 is 0. The fourth-order valence-corrected chi connectivity index (χ4v) is 1.81. The molecule has 66 valence electrons. The second kappa shape index (κ2) is 3.70. The third kappa shape index (κ3) is 1.84. The van der Waals surface area contributed by atoms with Gasteiger partial charge in [-0.3, -0.25) is 4.79 Å². The molecule has 0 radical (unpaired) electrons. The lowest BCUT2D eigenvalue weighted by molar-refractivity contribution is -0.121. The highest BCUT2D eigenvalue weighted by Gasteiger charge is 2.26. The summed E-state index contributed by atoms with van der Waals surface area (Å²) in [6, 6.07) is 0. The Kier molecular flexibility index (Phi) is 2.85. The summed E-state index contributed by atoms with van der Waals surface area (Å²) in [5.41, 5.74) is 1.14. The molecule has 0 bridgehead atoms. The zero-order valence-corrected chi connectivity index (χ0v) is 7.84. The second-order valence-corrected chi connectivity index (χ2v) is 3.61. The highest BCUT2D eigenvalue weighted by atomic mass is 16.1. The number of allylic oxidation sites excluding steroid dienone is 3. The van der Waals surface area contributed by atoms with E-state index in [-0.39, 0.29) is 5.92 Å². The van der Waals surface area contributed by atoms with Crippen molar-refractivity contribution in [1.82, 2.24) is 0 Å². The van der Waals surface area contributed by atoms with Gasteiger partial charge in [0.05, 0.1) is 0 Å². The number of carbonyl (C=O) groups excluding carboxylic acids is 1. The first-order chi connectivity index (χ1) is 5.63. The Bertz CT molecular complexity index is 201. The van der Waals surface area contributed by atoms with Gasteiger partial charge in [-0.05, 0) is 32.6 Å². The number of carbonyl (C=O) groups is 1. The van der Waals surface area contributed by atoms with E-state index < -0.39 is 0 Å². The lowest BCUT2D eigenvalue weighted by atomic mass is 9.77. The smallest absolute Gasteiger partial charge is 0.133 e. The summed E-state index contributed by atoms with van der Waals surface area (Å²) in [5, 5.41) is 0. The lowest BCUT2D eigenvalue weighted by Gasteiger charge is -2.26. The van der Waals surface area contributed by atoms with E-state index in [2.05, 4.69) is 18.7 Å². The molecule has 2 atom stereocenters. The minimum absolute atomic E-state index is 0.187. The molecule has 1 aliphatic rings. The van der Waals surface area contributed by atoms with Crippen LogP contribution >= 0.6 is 0 Å². The van der Waals surface area contributed by atoms with Crippen LogP contribution in [0.2, 0.25) is 0 Å². The number of hydrogen-bond acceptors (Lipinski definition) is 1. The van der Waals surface area contributed by atoms with Crippen LogP contribution in [0.3, 0.4) is 0 Å². The molecule has 0 unspecified atom stereocenters. The van der Waals surface area contributed by atoms with Crippen LogP contribution in [0.1, 0.15) is 26.7 Å². The maximum atomic E-state index is 11.2. The van der Waals surface area contributed by atoms with E-state index in [4.69, 9.17) is 0 Å². The van der Waals surface area contributed by atoms with Gasteiger partial charge in [0.2, 0.25) is 0 Å². The Morgan fingerprint density at radius 1 is 1.25 bits per heavy atom. The number of ketones is 1. The first kappa shape index (κ1) is 9.24. The monoisotopic (exact) mass is 164 g/mol. The molecule has 0 aromatic carbocycles. The van der Waals surface area contributed by atoms with Crippen LogP contribution in [0.4, 0.5) is 0 Å². The molecule has 1 nitrogen and oxygen atoms in total. The molecule has 1 rings (SSSR count). The molecule has 0 heterocycles. The van der Waals surface area contributed by atoms with E-state index in [0.717, 1.165) is 18.4 Å². The van der Waals surface area contributed by atoms with Crippen molar-refractivity contribution in [3.63, 3.8) is 0 Å². The predicted molar refractivity (Wildman–Crippen MR) is 50.8 cm³/mol. The van der Waals surface area contributed by atoms with Crippen molar-refractivity contribution in [2.45, 2.75) is 26.7 Å². The van der Waals surface area contributed by atoms with E-state index in [9.17, 15) is 4.79 Å². The van der Waals surface area contributed by atoms with Crippen molar-refractivity contribution < 1.29 is 4.79 Å². The predicted octanol–water partition coefficient (Wildman–Crippen LogP) is 2.73. The Morgan fingerprint density at radius 2 is 1.75 bits per heavy atom. The molecule has 1 aliphatic carbocycles. The van der Waals surface area contributed by atoms with Gasteiger partial charge in [0, 0.05) is 5.92 Å². The normalized spacial score (nSPS) is 28.5. The summed E-state index contributed by atoms with van der Waals surface area (Å²) in [6.07, 6.45) is 6.14. The summed E-state index contributed by atoms with van der Waals surface area (Å²) in [6.45, 7) is 7.62. The summed E-state index contributed by atoms with van der Waals surface area (Å²) < 4.78 is 0. The third-order valence-electron chi connectivity index (χ3n) is 2.59. The topological polar surface area (TPSA) is 17.1 Å². The van der Waals surface area contributed by atoms with E-state index in [1.807, 2.05) is 6.92 Å². The number of Topliss-reactive ketones (excluding diaryl/α,β-unsaturated/α-hetero) is 1. The van der Waals surface area contributed by atoms with Gasteiger partial charge in [0.1, 0.15) is 5.78 Å². The molecule has 0 saturated carbocycles. The van der Waals surface area contributed by atoms with Crippen molar-refractivity contribution >= 4 is 5.78 Å². The van der Waals surface area contributed by atoms with E-state index in [1.165, 1.54) is 0 Å². The largest absolute Gasteiger partial charge is 0.300 e. The summed E-state index contributed by atoms with van der Waals surface area (Å²) in [5.74, 6) is 0.868. The van der Waals surface area contributed by atoms with Gasteiger partial charge >= 0.3 is 0 Å². The van der Waals surface area contributed by atoms with Crippen LogP contribution in [-0.2, 0) is 4.79 Å². The highest BCUT2D eigenvalue weighted by molar-refractivity contribution is 5.79. The quantitative estimate of drug-likeness (QED) is 0.573. The molecular formula is C11H16O. The molecule has 0 fully saturated rings. The van der Waals surface area contributed by atoms with Gasteiger partial charge in [-0.1, -0.05) is 24.3 Å². The van der Waals surface area contributed by atoms with E-state index in [1.54, 1.807) is 6.92 Å². The average molecular weight is 164 g/mol. The fraction of sp³-hybridized carbons (Fsp3) is 0.545. The van der Waals surface area contributed by atoms with Gasteiger partial charge in [-0.2, -0.15) is 0 Å². The van der Waals surface area contributed by atoms with Gasteiger partial charge in [-0.15, -0.1) is 0 Å². The van der Waals surface area contributed by atoms with Gasteiger partial charge in [0.25, 0.3) is 0 Å². The standard InChI is InChI=1S/C11H16O/c1-8(2)10-6-4-5-7-11(10)9(3)12/h4-5,10-11H,1,6-7H2,2-3H3/t10-,11+/m0/s1. The first-order valence-electron chi connectivity index (χ1n) is 4.43. The molecular weight excluding hydrogens is 148 g/mol. The Balaban J connectivity index is 2.76. The van der Waals surface area contributed by atoms with Crippen LogP contribution in [0.25, 0.3) is 0 Å². The van der Waals surface area contributed by atoms with Crippen molar-refractivity contribution in [2.75, 3.05) is 0 Å². The maximum Gasteiger partial charge on any atom is 0.133 e. The first-order valence-corrected chi connectivity index (χ1v) is 4.43. The Hall–Kier alpha value is -0.850. The van der Waals surface area contributed by atoms with Crippen LogP contribution < -0.4 is 0 Å². The fourth-order valence-electron chi connectivity index (χ4n) is 1.81. The second-order valence-electron chi connectivity index (χ2n) is 3.61. The van der Waals surface area contributed by atoms with Gasteiger partial charge in [0.15, 0.2) is 0 Å². The van der Waals surface area contributed by atoms with Gasteiger partial charge < -0.3 is 0 Å². The van der Waals surface area contributed by atoms with Crippen molar-refractivity contribution in [3.05, 3.63) is 24.3 Å². The van der Waals surface area contributed by atoms with Crippen LogP contribution in [0.5, 0.6) is 0 Å². The minimum atomic E-state index is 0.187. The molecule has 0 amide bonds. The molecule has 0 aromatic rings. The molecule has 0 aliphatic heterocycles. The highest BCUT2D eigenvalue weighted by Crippen LogP contribution is 2.30. The maximum absolute atomic E-state index is 11.2. The molecule has 0 spiro atoms. The van der Waals surface area contributed by atoms with Crippen molar-refractivity contribution in [2.24, 2.45) is 11.8 Å². The molecule has 12 heavy (non-hydrogen) atoms. The van der Waals surface area contributed by atoms with Crippen molar-refractivity contribution in [3.8, 4) is 0 Å².